The maximum Gasteiger partial charge on any atom is 0.254 e. The van der Waals surface area contributed by atoms with Crippen molar-refractivity contribution in [3.63, 3.8) is 0 Å². The first-order valence-electron chi connectivity index (χ1n) is 10.4. The van der Waals surface area contributed by atoms with E-state index in [-0.39, 0.29) is 12.0 Å². The van der Waals surface area contributed by atoms with Crippen molar-refractivity contribution in [1.29, 1.82) is 0 Å². The normalized spacial score (nSPS) is 28.7. The van der Waals surface area contributed by atoms with Crippen LogP contribution >= 0.6 is 0 Å². The number of aliphatic imine (C=N–C) groups is 1. The molecule has 6 rings (SSSR count). The van der Waals surface area contributed by atoms with Crippen LogP contribution in [0.2, 0.25) is 0 Å². The third-order valence-electron chi connectivity index (χ3n) is 6.53. The lowest BCUT2D eigenvalue weighted by Crippen LogP contribution is -2.54. The van der Waals surface area contributed by atoms with Gasteiger partial charge in [0.1, 0.15) is 11.6 Å². The highest BCUT2D eigenvalue weighted by atomic mass is 16.5. The third kappa shape index (κ3) is 2.61. The van der Waals surface area contributed by atoms with Crippen molar-refractivity contribution in [3.05, 3.63) is 36.0 Å². The van der Waals surface area contributed by atoms with E-state index in [0.29, 0.717) is 18.3 Å². The van der Waals surface area contributed by atoms with Crippen LogP contribution in [0, 0.1) is 0 Å². The first-order chi connectivity index (χ1) is 14.7. The van der Waals surface area contributed by atoms with Gasteiger partial charge in [-0.2, -0.15) is 4.98 Å². The fourth-order valence-electron chi connectivity index (χ4n) is 4.66. The fourth-order valence-corrected chi connectivity index (χ4v) is 4.66. The van der Waals surface area contributed by atoms with Crippen molar-refractivity contribution < 1.29 is 18.8 Å². The highest BCUT2D eigenvalue weighted by Crippen LogP contribution is 2.48. The van der Waals surface area contributed by atoms with Crippen LogP contribution in [0.3, 0.4) is 0 Å². The molecule has 1 amide bonds. The van der Waals surface area contributed by atoms with Gasteiger partial charge in [-0.3, -0.25) is 9.79 Å². The van der Waals surface area contributed by atoms with E-state index in [1.807, 2.05) is 34.1 Å². The Labute approximate surface area is 173 Å². The molecule has 30 heavy (non-hydrogen) atoms. The highest BCUT2D eigenvalue weighted by Gasteiger charge is 2.52. The minimum atomic E-state index is -0.549. The second-order valence-corrected chi connectivity index (χ2v) is 8.29. The summed E-state index contributed by atoms with van der Waals surface area (Å²) in [5.74, 6) is 0.856. The molecule has 4 heterocycles. The molecule has 156 valence electrons. The molecular weight excluding hydrogens is 386 g/mol. The second kappa shape index (κ2) is 6.61. The molecule has 1 aromatic carbocycles. The number of ether oxygens (including phenoxy) is 2. The summed E-state index contributed by atoms with van der Waals surface area (Å²) in [6.45, 7) is 1.29. The summed E-state index contributed by atoms with van der Waals surface area (Å²) >= 11 is 0. The van der Waals surface area contributed by atoms with Crippen molar-refractivity contribution in [2.45, 2.75) is 49.5 Å². The Balaban J connectivity index is 1.34. The number of para-hydroxylation sites is 2. The Morgan fingerprint density at radius 3 is 2.83 bits per heavy atom. The average Bonchev–Trinajstić information content (AvgIpc) is 3.17. The molecule has 3 aliphatic heterocycles. The van der Waals surface area contributed by atoms with Crippen molar-refractivity contribution in [3.8, 4) is 0 Å². The van der Waals surface area contributed by atoms with Gasteiger partial charge in [0.25, 0.3) is 11.8 Å². The summed E-state index contributed by atoms with van der Waals surface area (Å²) in [5, 5.41) is 4.13. The molecule has 3 atom stereocenters. The number of anilines is 2. The Morgan fingerprint density at radius 2 is 2.10 bits per heavy atom. The van der Waals surface area contributed by atoms with Crippen LogP contribution in [0.5, 0.6) is 0 Å². The second-order valence-electron chi connectivity index (χ2n) is 8.29. The molecule has 1 aromatic heterocycles. The zero-order valence-electron chi connectivity index (χ0n) is 16.7. The van der Waals surface area contributed by atoms with Crippen molar-refractivity contribution in [1.82, 2.24) is 10.1 Å². The van der Waals surface area contributed by atoms with Crippen molar-refractivity contribution in [2.24, 2.45) is 4.99 Å². The number of carbonyl (C=O) groups is 1. The van der Waals surface area contributed by atoms with E-state index in [4.69, 9.17) is 14.0 Å². The molecule has 9 heteroatoms. The van der Waals surface area contributed by atoms with Crippen molar-refractivity contribution in [2.75, 3.05) is 30.1 Å². The lowest BCUT2D eigenvalue weighted by Gasteiger charge is -2.39. The molecule has 0 bridgehead atoms. The molecule has 2 aromatic rings. The summed E-state index contributed by atoms with van der Waals surface area (Å²) in [6.07, 6.45) is 5.50. The number of fused-ring (bicyclic) bond motifs is 3. The molecule has 9 nitrogen and oxygen atoms in total. The van der Waals surface area contributed by atoms with Gasteiger partial charge >= 0.3 is 0 Å². The van der Waals surface area contributed by atoms with Gasteiger partial charge in [-0.15, -0.1) is 0 Å². The van der Waals surface area contributed by atoms with Gasteiger partial charge in [-0.25, -0.2) is 0 Å². The van der Waals surface area contributed by atoms with Crippen molar-refractivity contribution >= 4 is 23.6 Å². The summed E-state index contributed by atoms with van der Waals surface area (Å²) in [5.41, 5.74) is 1.38. The van der Waals surface area contributed by atoms with Crippen LogP contribution in [0.25, 0.3) is 0 Å². The zero-order chi connectivity index (χ0) is 20.3. The van der Waals surface area contributed by atoms with E-state index in [9.17, 15) is 4.79 Å². The molecule has 1 saturated heterocycles. The molecule has 0 spiro atoms. The topological polar surface area (TPSA) is 93.3 Å². The number of hydrogen-bond acceptors (Lipinski definition) is 8. The minimum absolute atomic E-state index is 0.0284. The lowest BCUT2D eigenvalue weighted by atomic mass is 10.0. The van der Waals surface area contributed by atoms with Gasteiger partial charge in [0.15, 0.2) is 6.04 Å². The molecule has 0 N–H and O–H groups in total. The standard InChI is InChI=1S/C21H23N5O4/c1-28-21(8-9-21)20-23-18(30-24-20)16-17-19(27)25(11-13-5-4-10-29-13)14-6-2-3-7-15(14)26(17)12-22-16/h2-3,6-7,12-13,16-17H,4-5,8-11H2,1H3. The number of benzene rings is 1. The fraction of sp³-hybridized carbons (Fsp3) is 0.524. The first-order valence-corrected chi connectivity index (χ1v) is 10.4. The molecule has 0 radical (unpaired) electrons. The molecule has 1 aliphatic carbocycles. The number of methoxy groups -OCH3 is 1. The highest BCUT2D eigenvalue weighted by molar-refractivity contribution is 6.11. The third-order valence-corrected chi connectivity index (χ3v) is 6.53. The van der Waals surface area contributed by atoms with Gasteiger partial charge in [-0.05, 0) is 37.8 Å². The Morgan fingerprint density at radius 1 is 1.27 bits per heavy atom. The molecule has 3 unspecified atom stereocenters. The van der Waals surface area contributed by atoms with Crippen LogP contribution in [0.1, 0.15) is 43.4 Å². The SMILES string of the molecule is COC1(c2noc(C3N=CN4c5ccccc5N(CC5CCCO5)C(=O)C34)n2)CC1. The van der Waals surface area contributed by atoms with E-state index in [2.05, 4.69) is 15.1 Å². The quantitative estimate of drug-likeness (QED) is 0.747. The summed E-state index contributed by atoms with van der Waals surface area (Å²) < 4.78 is 16.9. The smallest absolute Gasteiger partial charge is 0.254 e. The summed E-state index contributed by atoms with van der Waals surface area (Å²) in [6, 6.07) is 6.80. The number of rotatable bonds is 5. The number of amides is 1. The summed E-state index contributed by atoms with van der Waals surface area (Å²) in [4.78, 5) is 26.6. The number of aromatic nitrogens is 2. The van der Waals surface area contributed by atoms with E-state index < -0.39 is 17.7 Å². The molecular formula is C21H23N5O4. The van der Waals surface area contributed by atoms with Crippen LogP contribution in [-0.2, 0) is 19.9 Å². The Kier molecular flexibility index (Phi) is 3.97. The molecule has 1 saturated carbocycles. The van der Waals surface area contributed by atoms with E-state index >= 15 is 0 Å². The van der Waals surface area contributed by atoms with Crippen LogP contribution in [0.4, 0.5) is 11.4 Å². The largest absolute Gasteiger partial charge is 0.376 e. The number of hydrogen-bond donors (Lipinski definition) is 0. The number of nitrogens with zero attached hydrogens (tertiary/aromatic N) is 5. The van der Waals surface area contributed by atoms with E-state index in [1.165, 1.54) is 0 Å². The maximum atomic E-state index is 13.6. The lowest BCUT2D eigenvalue weighted by molar-refractivity contribution is -0.120. The Hall–Kier alpha value is -2.78. The van der Waals surface area contributed by atoms with Crippen LogP contribution in [0.15, 0.2) is 33.8 Å². The number of carbonyl (C=O) groups excluding carboxylic acids is 1. The monoisotopic (exact) mass is 409 g/mol. The van der Waals surface area contributed by atoms with E-state index in [0.717, 1.165) is 43.7 Å². The minimum Gasteiger partial charge on any atom is -0.376 e. The summed E-state index contributed by atoms with van der Waals surface area (Å²) in [7, 11) is 1.66. The van der Waals surface area contributed by atoms with Crippen LogP contribution in [-0.4, -0.2) is 54.8 Å². The van der Waals surface area contributed by atoms with Gasteiger partial charge in [0.2, 0.25) is 5.82 Å². The van der Waals surface area contributed by atoms with Crippen LogP contribution < -0.4 is 9.80 Å². The van der Waals surface area contributed by atoms with Gasteiger partial charge in [0, 0.05) is 13.7 Å². The van der Waals surface area contributed by atoms with Gasteiger partial charge in [-0.1, -0.05) is 17.3 Å². The van der Waals surface area contributed by atoms with Gasteiger partial charge in [0.05, 0.1) is 30.4 Å². The molecule has 2 fully saturated rings. The predicted molar refractivity (Wildman–Crippen MR) is 107 cm³/mol. The zero-order valence-corrected chi connectivity index (χ0v) is 16.7. The first kappa shape index (κ1) is 18.0. The Bertz CT molecular complexity index is 1010. The maximum absolute atomic E-state index is 13.6. The van der Waals surface area contributed by atoms with E-state index in [1.54, 1.807) is 13.4 Å². The average molecular weight is 409 g/mol. The predicted octanol–water partition coefficient (Wildman–Crippen LogP) is 2.19. The molecule has 4 aliphatic rings. The van der Waals surface area contributed by atoms with Gasteiger partial charge < -0.3 is 23.8 Å².